The lowest BCUT2D eigenvalue weighted by Crippen LogP contribution is -2.24. The molecule has 0 unspecified atom stereocenters. The van der Waals surface area contributed by atoms with Gasteiger partial charge in [0, 0.05) is 11.8 Å². The molecule has 31 heavy (non-hydrogen) atoms. The van der Waals surface area contributed by atoms with E-state index in [4.69, 9.17) is 14.7 Å². The van der Waals surface area contributed by atoms with Crippen LogP contribution in [0.4, 0.5) is 0 Å². The number of para-hydroxylation sites is 1. The first-order chi connectivity index (χ1) is 15.2. The third-order valence-electron chi connectivity index (χ3n) is 4.34. The van der Waals surface area contributed by atoms with Gasteiger partial charge in [-0.1, -0.05) is 42.5 Å². The number of nitrogens with one attached hydrogen (secondary N) is 1. The van der Waals surface area contributed by atoms with Crippen molar-refractivity contribution >= 4 is 18.2 Å². The lowest BCUT2D eigenvalue weighted by atomic mass is 10.0. The second-order valence-electron chi connectivity index (χ2n) is 6.42. The average molecular weight is 411 g/mol. The Balaban J connectivity index is 1.45. The molecule has 0 saturated heterocycles. The number of hydrazone groups is 1. The number of nitrogens with zero attached hydrogens (tertiary/aromatic N) is 2. The Labute approximate surface area is 181 Å². The average Bonchev–Trinajstić information content (AvgIpc) is 2.83. The summed E-state index contributed by atoms with van der Waals surface area (Å²) in [5.41, 5.74) is 5.94. The van der Waals surface area contributed by atoms with Gasteiger partial charge in [0.2, 0.25) is 0 Å². The van der Waals surface area contributed by atoms with Crippen LogP contribution in [0, 0.1) is 11.3 Å². The van der Waals surface area contributed by atoms with Gasteiger partial charge < -0.3 is 9.47 Å². The molecule has 0 aliphatic rings. The molecule has 0 atom stereocenters. The summed E-state index contributed by atoms with van der Waals surface area (Å²) >= 11 is 0. The Morgan fingerprint density at radius 2 is 1.71 bits per heavy atom. The van der Waals surface area contributed by atoms with Crippen molar-refractivity contribution in [2.24, 2.45) is 5.10 Å². The topological polar surface area (TPSA) is 83.7 Å². The van der Waals surface area contributed by atoms with Crippen molar-refractivity contribution in [2.75, 3.05) is 13.7 Å². The summed E-state index contributed by atoms with van der Waals surface area (Å²) < 4.78 is 10.8. The summed E-state index contributed by atoms with van der Waals surface area (Å²) in [6.45, 7) is -0.149. The lowest BCUT2D eigenvalue weighted by Gasteiger charge is -2.07. The third kappa shape index (κ3) is 6.31. The largest absolute Gasteiger partial charge is 0.496 e. The molecule has 0 fully saturated rings. The molecule has 154 valence electrons. The van der Waals surface area contributed by atoms with Gasteiger partial charge in [-0.25, -0.2) is 5.43 Å². The Bertz CT molecular complexity index is 1110. The summed E-state index contributed by atoms with van der Waals surface area (Å²) in [6, 6.07) is 24.4. The van der Waals surface area contributed by atoms with Crippen LogP contribution in [0.15, 0.2) is 84.0 Å². The molecule has 6 heteroatoms. The maximum atomic E-state index is 11.9. The fourth-order valence-corrected chi connectivity index (χ4v) is 2.77. The van der Waals surface area contributed by atoms with Gasteiger partial charge in [-0.2, -0.15) is 10.4 Å². The number of amides is 1. The van der Waals surface area contributed by atoms with Gasteiger partial charge in [0.25, 0.3) is 5.91 Å². The summed E-state index contributed by atoms with van der Waals surface area (Å²) in [5, 5.41) is 12.7. The van der Waals surface area contributed by atoms with Gasteiger partial charge in [-0.15, -0.1) is 0 Å². The highest BCUT2D eigenvalue weighted by atomic mass is 16.5. The van der Waals surface area contributed by atoms with Crippen LogP contribution < -0.4 is 14.9 Å². The monoisotopic (exact) mass is 411 g/mol. The minimum Gasteiger partial charge on any atom is -0.496 e. The zero-order valence-electron chi connectivity index (χ0n) is 17.0. The van der Waals surface area contributed by atoms with Crippen molar-refractivity contribution in [3.05, 3.63) is 90.0 Å². The van der Waals surface area contributed by atoms with Crippen LogP contribution in [0.5, 0.6) is 11.5 Å². The SMILES string of the molecule is COc1ccccc1/C=C/C=N/NC(=O)COc1ccc(-c2ccc(C#N)cc2)cc1. The third-order valence-corrected chi connectivity index (χ3v) is 4.34. The number of hydrogen-bond acceptors (Lipinski definition) is 5. The van der Waals surface area contributed by atoms with Crippen molar-refractivity contribution in [2.45, 2.75) is 0 Å². The molecule has 3 aromatic carbocycles. The standard InChI is InChI=1S/C25H21N3O3/c1-30-24-7-3-2-5-22(24)6-4-16-27-28-25(29)18-31-23-14-12-21(13-15-23)20-10-8-19(17-26)9-11-20/h2-16H,18H2,1H3,(H,28,29)/b6-4+,27-16+. The number of hydrogen-bond donors (Lipinski definition) is 1. The van der Waals surface area contributed by atoms with Crippen LogP contribution in [0.25, 0.3) is 17.2 Å². The van der Waals surface area contributed by atoms with Crippen LogP contribution in [0.1, 0.15) is 11.1 Å². The molecule has 0 radical (unpaired) electrons. The zero-order chi connectivity index (χ0) is 21.9. The van der Waals surface area contributed by atoms with Gasteiger partial charge in [-0.05, 0) is 53.6 Å². The van der Waals surface area contributed by atoms with Gasteiger partial charge in [0.1, 0.15) is 11.5 Å². The number of rotatable bonds is 8. The summed E-state index contributed by atoms with van der Waals surface area (Å²) in [6.07, 6.45) is 5.03. The van der Waals surface area contributed by atoms with Crippen molar-refractivity contribution in [3.63, 3.8) is 0 Å². The maximum absolute atomic E-state index is 11.9. The molecule has 0 spiro atoms. The van der Waals surface area contributed by atoms with Gasteiger partial charge in [0.05, 0.1) is 18.7 Å². The molecule has 0 aliphatic heterocycles. The Morgan fingerprint density at radius 3 is 2.39 bits per heavy atom. The molecule has 0 aliphatic carbocycles. The smallest absolute Gasteiger partial charge is 0.277 e. The normalized spacial score (nSPS) is 10.7. The van der Waals surface area contributed by atoms with E-state index in [9.17, 15) is 4.79 Å². The van der Waals surface area contributed by atoms with E-state index >= 15 is 0 Å². The molecule has 3 aromatic rings. The van der Waals surface area contributed by atoms with E-state index in [2.05, 4.69) is 16.6 Å². The number of carbonyl (C=O) groups excluding carboxylic acids is 1. The summed E-state index contributed by atoms with van der Waals surface area (Å²) in [4.78, 5) is 11.9. The first-order valence-corrected chi connectivity index (χ1v) is 9.54. The van der Waals surface area contributed by atoms with Crippen molar-refractivity contribution in [1.29, 1.82) is 5.26 Å². The molecule has 1 amide bonds. The van der Waals surface area contributed by atoms with E-state index in [-0.39, 0.29) is 12.5 Å². The molecule has 3 rings (SSSR count). The maximum Gasteiger partial charge on any atom is 0.277 e. The number of carbonyl (C=O) groups is 1. The first-order valence-electron chi connectivity index (χ1n) is 9.54. The van der Waals surface area contributed by atoms with Crippen LogP contribution in [-0.2, 0) is 4.79 Å². The fraction of sp³-hybridized carbons (Fsp3) is 0.0800. The number of benzene rings is 3. The lowest BCUT2D eigenvalue weighted by molar-refractivity contribution is -0.123. The molecule has 0 bridgehead atoms. The molecule has 0 aromatic heterocycles. The molecular weight excluding hydrogens is 390 g/mol. The number of nitriles is 1. The fourth-order valence-electron chi connectivity index (χ4n) is 2.77. The Hall–Kier alpha value is -4.37. The van der Waals surface area contributed by atoms with E-state index in [1.54, 1.807) is 37.5 Å². The van der Waals surface area contributed by atoms with E-state index < -0.39 is 0 Å². The highest BCUT2D eigenvalue weighted by molar-refractivity contribution is 5.82. The van der Waals surface area contributed by atoms with E-state index in [1.807, 2.05) is 54.6 Å². The predicted octanol–water partition coefficient (Wildman–Crippen LogP) is 4.43. The summed E-state index contributed by atoms with van der Waals surface area (Å²) in [7, 11) is 1.61. The second-order valence-corrected chi connectivity index (χ2v) is 6.42. The van der Waals surface area contributed by atoms with Crippen molar-refractivity contribution in [3.8, 4) is 28.7 Å². The van der Waals surface area contributed by atoms with E-state index in [1.165, 1.54) is 6.21 Å². The van der Waals surface area contributed by atoms with Gasteiger partial charge in [-0.3, -0.25) is 4.79 Å². The van der Waals surface area contributed by atoms with Crippen LogP contribution in [0.2, 0.25) is 0 Å². The van der Waals surface area contributed by atoms with Gasteiger partial charge >= 0.3 is 0 Å². The zero-order valence-corrected chi connectivity index (χ0v) is 17.0. The number of allylic oxidation sites excluding steroid dienone is 1. The highest BCUT2D eigenvalue weighted by Crippen LogP contribution is 2.22. The molecular formula is C25H21N3O3. The van der Waals surface area contributed by atoms with E-state index in [0.29, 0.717) is 11.3 Å². The quantitative estimate of drug-likeness (QED) is 0.439. The van der Waals surface area contributed by atoms with Crippen LogP contribution in [-0.4, -0.2) is 25.8 Å². The molecule has 1 N–H and O–H groups in total. The van der Waals surface area contributed by atoms with Crippen molar-refractivity contribution in [1.82, 2.24) is 5.43 Å². The minimum absolute atomic E-state index is 0.149. The Morgan fingerprint density at radius 1 is 1.03 bits per heavy atom. The van der Waals surface area contributed by atoms with E-state index in [0.717, 1.165) is 22.4 Å². The Kier molecular flexibility index (Phi) is 7.56. The molecule has 0 heterocycles. The number of ether oxygens (including phenoxy) is 2. The second kappa shape index (κ2) is 11.0. The van der Waals surface area contributed by atoms with Crippen LogP contribution >= 0.6 is 0 Å². The first kappa shape index (κ1) is 21.3. The van der Waals surface area contributed by atoms with Crippen molar-refractivity contribution < 1.29 is 14.3 Å². The van der Waals surface area contributed by atoms with Crippen LogP contribution in [0.3, 0.4) is 0 Å². The molecule has 0 saturated carbocycles. The molecule has 6 nitrogen and oxygen atoms in total. The summed E-state index contributed by atoms with van der Waals surface area (Å²) in [5.74, 6) is 0.973. The highest BCUT2D eigenvalue weighted by Gasteiger charge is 2.03. The number of methoxy groups -OCH3 is 1. The van der Waals surface area contributed by atoms with Gasteiger partial charge in [0.15, 0.2) is 6.61 Å². The predicted molar refractivity (Wildman–Crippen MR) is 121 cm³/mol. The minimum atomic E-state index is -0.363.